The van der Waals surface area contributed by atoms with Gasteiger partial charge in [0, 0.05) is 31.1 Å². The molecule has 1 amide bonds. The summed E-state index contributed by atoms with van der Waals surface area (Å²) in [7, 11) is 0. The lowest BCUT2D eigenvalue weighted by Gasteiger charge is -2.40. The standard InChI is InChI=1S/C31H39N3O4.2ClH/c1-20-7-10-26-27(30(20)35)18-28(38-29(26)19-32)23-12-15-34(16-13-23)14-11-21(2)33-31(36)37-25-9-8-22-5-3-4-6-24(22)17-25;;/h3-10,17,21,23,28-29,35H,11-16,18-19,32H2,1-2H3,(H,33,36);2*1H/t21?,28-,29-;;/m0../s1. The van der Waals surface area contributed by atoms with Gasteiger partial charge in [-0.05, 0) is 86.1 Å². The molecular formula is C31H41Cl2N3O4. The second-order valence-corrected chi connectivity index (χ2v) is 10.8. The van der Waals surface area contributed by atoms with Crippen LogP contribution in [0, 0.1) is 12.8 Å². The molecule has 0 aliphatic carbocycles. The second-order valence-electron chi connectivity index (χ2n) is 10.8. The van der Waals surface area contributed by atoms with Crippen LogP contribution in [0.1, 0.15) is 49.0 Å². The summed E-state index contributed by atoms with van der Waals surface area (Å²) in [5.74, 6) is 1.39. The second kappa shape index (κ2) is 14.4. The lowest BCUT2D eigenvalue weighted by molar-refractivity contribution is -0.0647. The fourth-order valence-electron chi connectivity index (χ4n) is 5.84. The molecule has 9 heteroatoms. The van der Waals surface area contributed by atoms with E-state index in [1.54, 1.807) is 0 Å². The van der Waals surface area contributed by atoms with E-state index < -0.39 is 6.09 Å². The number of carbonyl (C=O) groups excluding carboxylic acids is 1. The normalized spacial score (nSPS) is 20.1. The zero-order valence-corrected chi connectivity index (χ0v) is 24.8. The number of carbonyl (C=O) groups is 1. The Kier molecular flexibility index (Phi) is 11.5. The number of amides is 1. The number of fused-ring (bicyclic) bond motifs is 2. The van der Waals surface area contributed by atoms with Crippen LogP contribution in [0.2, 0.25) is 0 Å². The molecule has 0 bridgehead atoms. The Morgan fingerprint density at radius 2 is 1.85 bits per heavy atom. The number of nitrogens with one attached hydrogen (secondary N) is 1. The molecule has 5 rings (SSSR count). The molecule has 218 valence electrons. The molecule has 0 radical (unpaired) electrons. The van der Waals surface area contributed by atoms with Crippen molar-refractivity contribution in [3.63, 3.8) is 0 Å². The lowest BCUT2D eigenvalue weighted by atomic mass is 9.83. The number of aryl methyl sites for hydroxylation is 1. The summed E-state index contributed by atoms with van der Waals surface area (Å²) in [6, 6.07) is 17.7. The van der Waals surface area contributed by atoms with Crippen molar-refractivity contribution >= 4 is 41.7 Å². The number of hydrogen-bond acceptors (Lipinski definition) is 6. The Morgan fingerprint density at radius 1 is 1.12 bits per heavy atom. The fraction of sp³-hybridized carbons (Fsp3) is 0.452. The molecular weight excluding hydrogens is 549 g/mol. The smallest absolute Gasteiger partial charge is 0.412 e. The van der Waals surface area contributed by atoms with Crippen LogP contribution in [0.15, 0.2) is 54.6 Å². The zero-order chi connectivity index (χ0) is 26.6. The van der Waals surface area contributed by atoms with E-state index >= 15 is 0 Å². The Hall–Kier alpha value is -2.55. The van der Waals surface area contributed by atoms with Crippen LogP contribution >= 0.6 is 24.8 Å². The largest absolute Gasteiger partial charge is 0.507 e. The van der Waals surface area contributed by atoms with Crippen molar-refractivity contribution in [2.45, 2.75) is 57.8 Å². The van der Waals surface area contributed by atoms with Crippen LogP contribution in [0.25, 0.3) is 10.8 Å². The lowest BCUT2D eigenvalue weighted by Crippen LogP contribution is -2.43. The maximum atomic E-state index is 12.4. The SMILES string of the molecule is Cc1ccc2c(c1O)C[C@@H](C1CCN(CCC(C)NC(=O)Oc3ccc4ccccc4c3)CC1)O[C@H]2CN.Cl.Cl. The van der Waals surface area contributed by atoms with Crippen molar-refractivity contribution in [1.82, 2.24) is 10.2 Å². The van der Waals surface area contributed by atoms with Crippen LogP contribution in [0.5, 0.6) is 11.5 Å². The predicted octanol–water partition coefficient (Wildman–Crippen LogP) is 5.92. The van der Waals surface area contributed by atoms with Gasteiger partial charge in [0.05, 0.1) is 12.2 Å². The predicted molar refractivity (Wildman–Crippen MR) is 164 cm³/mol. The highest BCUT2D eigenvalue weighted by Gasteiger charge is 2.35. The van der Waals surface area contributed by atoms with Crippen molar-refractivity contribution < 1.29 is 19.4 Å². The number of likely N-dealkylation sites (tertiary alicyclic amines) is 1. The summed E-state index contributed by atoms with van der Waals surface area (Å²) >= 11 is 0. The van der Waals surface area contributed by atoms with Gasteiger partial charge in [-0.25, -0.2) is 4.79 Å². The number of piperidine rings is 1. The first-order chi connectivity index (χ1) is 18.4. The van der Waals surface area contributed by atoms with E-state index in [2.05, 4.69) is 10.2 Å². The fourth-order valence-corrected chi connectivity index (χ4v) is 5.84. The summed E-state index contributed by atoms with van der Waals surface area (Å²) in [6.45, 7) is 7.29. The number of nitrogens with two attached hydrogens (primary N) is 1. The summed E-state index contributed by atoms with van der Waals surface area (Å²) in [6.07, 6.45) is 3.20. The topological polar surface area (TPSA) is 97.0 Å². The molecule has 3 atom stereocenters. The molecule has 3 aromatic carbocycles. The van der Waals surface area contributed by atoms with Gasteiger partial charge in [-0.2, -0.15) is 0 Å². The van der Waals surface area contributed by atoms with Crippen molar-refractivity contribution in [2.24, 2.45) is 11.7 Å². The quantitative estimate of drug-likeness (QED) is 0.316. The Labute approximate surface area is 249 Å². The number of nitrogens with zero attached hydrogens (tertiary/aromatic N) is 1. The molecule has 2 heterocycles. The maximum absolute atomic E-state index is 12.4. The van der Waals surface area contributed by atoms with E-state index in [1.807, 2.05) is 68.4 Å². The molecule has 40 heavy (non-hydrogen) atoms. The number of rotatable bonds is 7. The van der Waals surface area contributed by atoms with Crippen molar-refractivity contribution in [3.8, 4) is 11.5 Å². The first-order valence-electron chi connectivity index (χ1n) is 13.8. The van der Waals surface area contributed by atoms with Gasteiger partial charge in [0.2, 0.25) is 0 Å². The molecule has 0 spiro atoms. The van der Waals surface area contributed by atoms with Crippen molar-refractivity contribution in [3.05, 3.63) is 71.3 Å². The highest BCUT2D eigenvalue weighted by molar-refractivity contribution is 5.86. The van der Waals surface area contributed by atoms with Gasteiger partial charge < -0.3 is 30.5 Å². The van der Waals surface area contributed by atoms with Crippen molar-refractivity contribution in [2.75, 3.05) is 26.2 Å². The highest BCUT2D eigenvalue weighted by atomic mass is 35.5. The number of phenols is 1. The van der Waals surface area contributed by atoms with Gasteiger partial charge in [0.15, 0.2) is 0 Å². The van der Waals surface area contributed by atoms with Gasteiger partial charge in [-0.3, -0.25) is 0 Å². The summed E-state index contributed by atoms with van der Waals surface area (Å²) < 4.78 is 12.0. The molecule has 7 nitrogen and oxygen atoms in total. The first-order valence-corrected chi connectivity index (χ1v) is 13.8. The Morgan fingerprint density at radius 3 is 2.58 bits per heavy atom. The maximum Gasteiger partial charge on any atom is 0.412 e. The van der Waals surface area contributed by atoms with E-state index in [1.165, 1.54) is 0 Å². The monoisotopic (exact) mass is 589 g/mol. The summed E-state index contributed by atoms with van der Waals surface area (Å²) in [5.41, 5.74) is 8.98. The van der Waals surface area contributed by atoms with E-state index in [9.17, 15) is 9.90 Å². The average Bonchev–Trinajstić information content (AvgIpc) is 2.93. The summed E-state index contributed by atoms with van der Waals surface area (Å²) in [5, 5.41) is 15.8. The number of hydrogen-bond donors (Lipinski definition) is 3. The van der Waals surface area contributed by atoms with Crippen molar-refractivity contribution in [1.29, 1.82) is 0 Å². The highest BCUT2D eigenvalue weighted by Crippen LogP contribution is 2.40. The van der Waals surface area contributed by atoms with Gasteiger partial charge >= 0.3 is 6.09 Å². The van der Waals surface area contributed by atoms with E-state index in [-0.39, 0.29) is 43.1 Å². The third kappa shape index (κ3) is 7.39. The number of halogens is 2. The van der Waals surface area contributed by atoms with Crippen LogP contribution < -0.4 is 15.8 Å². The third-order valence-corrected chi connectivity index (χ3v) is 8.16. The molecule has 2 aliphatic heterocycles. The minimum Gasteiger partial charge on any atom is -0.507 e. The molecule has 2 aliphatic rings. The van der Waals surface area contributed by atoms with E-state index in [0.717, 1.165) is 72.8 Å². The molecule has 3 aromatic rings. The van der Waals surface area contributed by atoms with Gasteiger partial charge in [-0.15, -0.1) is 24.8 Å². The average molecular weight is 591 g/mol. The van der Waals surface area contributed by atoms with Crippen LogP contribution in [-0.2, 0) is 11.2 Å². The number of phenolic OH excluding ortho intramolecular Hbond substituents is 1. The first kappa shape index (κ1) is 32.0. The van der Waals surface area contributed by atoms with E-state index in [0.29, 0.717) is 24.0 Å². The Bertz CT molecular complexity index is 1280. The zero-order valence-electron chi connectivity index (χ0n) is 23.2. The minimum absolute atomic E-state index is 0. The number of benzene rings is 3. The third-order valence-electron chi connectivity index (χ3n) is 8.16. The number of ether oxygens (including phenoxy) is 2. The van der Waals surface area contributed by atoms with Crippen LogP contribution in [0.3, 0.4) is 0 Å². The molecule has 0 aromatic heterocycles. The van der Waals surface area contributed by atoms with Gasteiger partial charge in [0.1, 0.15) is 11.5 Å². The minimum atomic E-state index is -0.422. The molecule has 0 saturated carbocycles. The molecule has 1 unspecified atom stereocenters. The molecule has 1 saturated heterocycles. The van der Waals surface area contributed by atoms with E-state index in [4.69, 9.17) is 15.2 Å². The molecule has 4 N–H and O–H groups in total. The van der Waals surface area contributed by atoms with Gasteiger partial charge in [-0.1, -0.05) is 42.5 Å². The van der Waals surface area contributed by atoms with Gasteiger partial charge in [0.25, 0.3) is 0 Å². The van der Waals surface area contributed by atoms with Crippen LogP contribution in [-0.4, -0.2) is 54.4 Å². The Balaban J connectivity index is 0.00000220. The summed E-state index contributed by atoms with van der Waals surface area (Å²) in [4.78, 5) is 14.9. The molecule has 1 fully saturated rings. The number of aromatic hydroxyl groups is 1. The van der Waals surface area contributed by atoms with Crippen LogP contribution in [0.4, 0.5) is 4.79 Å².